The Morgan fingerprint density at radius 3 is 2.60 bits per heavy atom. The number of hydrogen-bond acceptors (Lipinski definition) is 1. The van der Waals surface area contributed by atoms with Crippen LogP contribution in [0.4, 0.5) is 10.1 Å². The number of anilines is 1. The normalized spacial score (nSPS) is 17.4. The molecule has 1 unspecified atom stereocenters. The molecular weight excluding hydrogens is 249 g/mol. The summed E-state index contributed by atoms with van der Waals surface area (Å²) in [6.07, 6.45) is 2.10. The molecule has 0 radical (unpaired) electrons. The van der Waals surface area contributed by atoms with Crippen LogP contribution >= 0.6 is 0 Å². The van der Waals surface area contributed by atoms with Crippen LogP contribution in [0.2, 0.25) is 0 Å². The number of benzene rings is 2. The fourth-order valence-electron chi connectivity index (χ4n) is 3.02. The summed E-state index contributed by atoms with van der Waals surface area (Å²) in [6.45, 7) is 5.33. The molecule has 1 nitrogen and oxygen atoms in total. The van der Waals surface area contributed by atoms with Crippen molar-refractivity contribution in [3.05, 3.63) is 64.5 Å². The standard InChI is InChI=1S/C18H20FN/c1-12-3-6-16-10-15(11-20-18(16)13(12)2)9-14-4-7-17(19)8-5-14/h3-8,15,20H,9-11H2,1-2H3. The summed E-state index contributed by atoms with van der Waals surface area (Å²) in [5.74, 6) is 0.419. The van der Waals surface area contributed by atoms with Crippen LogP contribution in [0.1, 0.15) is 22.3 Å². The quantitative estimate of drug-likeness (QED) is 0.858. The number of hydrogen-bond donors (Lipinski definition) is 1. The van der Waals surface area contributed by atoms with Crippen molar-refractivity contribution in [2.75, 3.05) is 11.9 Å². The van der Waals surface area contributed by atoms with Gasteiger partial charge in [0.25, 0.3) is 0 Å². The second-order valence-electron chi connectivity index (χ2n) is 5.82. The first-order chi connectivity index (χ1) is 9.63. The zero-order valence-electron chi connectivity index (χ0n) is 12.0. The van der Waals surface area contributed by atoms with Crippen molar-refractivity contribution in [2.45, 2.75) is 26.7 Å². The predicted octanol–water partition coefficient (Wildman–Crippen LogP) is 4.27. The highest BCUT2D eigenvalue weighted by molar-refractivity contribution is 5.61. The molecule has 0 spiro atoms. The van der Waals surface area contributed by atoms with Crippen LogP contribution in [0.3, 0.4) is 0 Å². The Morgan fingerprint density at radius 1 is 1.10 bits per heavy atom. The zero-order valence-corrected chi connectivity index (χ0v) is 12.0. The van der Waals surface area contributed by atoms with Gasteiger partial charge in [-0.2, -0.15) is 0 Å². The lowest BCUT2D eigenvalue weighted by molar-refractivity contribution is 0.533. The second kappa shape index (κ2) is 5.28. The third-order valence-electron chi connectivity index (χ3n) is 4.34. The Morgan fingerprint density at radius 2 is 1.85 bits per heavy atom. The number of halogens is 1. The summed E-state index contributed by atoms with van der Waals surface area (Å²) in [7, 11) is 0. The lowest BCUT2D eigenvalue weighted by Gasteiger charge is -2.28. The molecule has 2 aromatic carbocycles. The van der Waals surface area contributed by atoms with E-state index in [2.05, 4.69) is 31.3 Å². The van der Waals surface area contributed by atoms with Crippen molar-refractivity contribution < 1.29 is 4.39 Å². The number of rotatable bonds is 2. The minimum atomic E-state index is -0.160. The van der Waals surface area contributed by atoms with Gasteiger partial charge in [-0.25, -0.2) is 4.39 Å². The van der Waals surface area contributed by atoms with Gasteiger partial charge < -0.3 is 5.32 Å². The molecule has 0 fully saturated rings. The summed E-state index contributed by atoms with van der Waals surface area (Å²) in [5, 5.41) is 3.58. The highest BCUT2D eigenvalue weighted by Crippen LogP contribution is 2.31. The van der Waals surface area contributed by atoms with E-state index in [1.807, 2.05) is 12.1 Å². The largest absolute Gasteiger partial charge is 0.384 e. The SMILES string of the molecule is Cc1ccc2c(c1C)NCC(Cc1ccc(F)cc1)C2. The third kappa shape index (κ3) is 2.55. The molecule has 1 aliphatic heterocycles. The van der Waals surface area contributed by atoms with E-state index < -0.39 is 0 Å². The average molecular weight is 269 g/mol. The maximum atomic E-state index is 12.9. The van der Waals surface area contributed by atoms with Gasteiger partial charge in [-0.15, -0.1) is 0 Å². The van der Waals surface area contributed by atoms with Crippen LogP contribution in [0.25, 0.3) is 0 Å². The highest BCUT2D eigenvalue weighted by atomic mass is 19.1. The van der Waals surface area contributed by atoms with Crippen LogP contribution in [-0.2, 0) is 12.8 Å². The Labute approximate surface area is 119 Å². The topological polar surface area (TPSA) is 12.0 Å². The highest BCUT2D eigenvalue weighted by Gasteiger charge is 2.20. The van der Waals surface area contributed by atoms with E-state index in [-0.39, 0.29) is 5.82 Å². The monoisotopic (exact) mass is 269 g/mol. The smallest absolute Gasteiger partial charge is 0.123 e. The second-order valence-corrected chi connectivity index (χ2v) is 5.82. The lowest BCUT2D eigenvalue weighted by atomic mass is 9.87. The first-order valence-electron chi connectivity index (χ1n) is 7.21. The fraction of sp³-hybridized carbons (Fsp3) is 0.333. The molecule has 1 atom stereocenters. The van der Waals surface area contributed by atoms with Gasteiger partial charge in [-0.1, -0.05) is 24.3 Å². The fourth-order valence-corrected chi connectivity index (χ4v) is 3.02. The molecule has 0 bridgehead atoms. The number of fused-ring (bicyclic) bond motifs is 1. The summed E-state index contributed by atoms with van der Waals surface area (Å²) < 4.78 is 12.9. The van der Waals surface area contributed by atoms with Gasteiger partial charge >= 0.3 is 0 Å². The van der Waals surface area contributed by atoms with Crippen LogP contribution in [-0.4, -0.2) is 6.54 Å². The Kier molecular flexibility index (Phi) is 3.47. The van der Waals surface area contributed by atoms with Crippen LogP contribution < -0.4 is 5.32 Å². The third-order valence-corrected chi connectivity index (χ3v) is 4.34. The van der Waals surface area contributed by atoms with Crippen molar-refractivity contribution in [3.8, 4) is 0 Å². The number of nitrogens with one attached hydrogen (secondary N) is 1. The summed E-state index contributed by atoms with van der Waals surface area (Å²) in [6, 6.07) is 11.3. The molecular formula is C18H20FN. The molecule has 20 heavy (non-hydrogen) atoms. The number of aryl methyl sites for hydroxylation is 1. The molecule has 2 aromatic rings. The molecule has 3 rings (SSSR count). The molecule has 0 aliphatic carbocycles. The maximum absolute atomic E-state index is 12.9. The minimum Gasteiger partial charge on any atom is -0.384 e. The molecule has 0 saturated heterocycles. The van der Waals surface area contributed by atoms with Gasteiger partial charge in [-0.05, 0) is 67.0 Å². The average Bonchev–Trinajstić information content (AvgIpc) is 2.46. The van der Waals surface area contributed by atoms with E-state index in [0.29, 0.717) is 5.92 Å². The lowest BCUT2D eigenvalue weighted by Crippen LogP contribution is -2.25. The molecule has 0 aromatic heterocycles. The Hall–Kier alpha value is -1.83. The first-order valence-corrected chi connectivity index (χ1v) is 7.21. The van der Waals surface area contributed by atoms with Gasteiger partial charge in [0.1, 0.15) is 5.82 Å². The van der Waals surface area contributed by atoms with Gasteiger partial charge in [0.2, 0.25) is 0 Å². The molecule has 1 aliphatic rings. The van der Waals surface area contributed by atoms with Crippen LogP contribution in [0.5, 0.6) is 0 Å². The molecule has 2 heteroatoms. The first kappa shape index (κ1) is 13.2. The van der Waals surface area contributed by atoms with E-state index in [1.165, 1.54) is 27.9 Å². The Balaban J connectivity index is 1.76. The van der Waals surface area contributed by atoms with Gasteiger partial charge in [0.05, 0.1) is 0 Å². The predicted molar refractivity (Wildman–Crippen MR) is 81.7 cm³/mol. The van der Waals surface area contributed by atoms with Gasteiger partial charge in [-0.3, -0.25) is 0 Å². The van der Waals surface area contributed by atoms with Crippen LogP contribution in [0.15, 0.2) is 36.4 Å². The van der Waals surface area contributed by atoms with E-state index >= 15 is 0 Å². The van der Waals surface area contributed by atoms with Crippen molar-refractivity contribution in [2.24, 2.45) is 5.92 Å². The van der Waals surface area contributed by atoms with Crippen molar-refractivity contribution >= 4 is 5.69 Å². The van der Waals surface area contributed by atoms with Crippen molar-refractivity contribution in [1.82, 2.24) is 0 Å². The van der Waals surface area contributed by atoms with Crippen molar-refractivity contribution in [3.63, 3.8) is 0 Å². The summed E-state index contributed by atoms with van der Waals surface area (Å²) in [4.78, 5) is 0. The van der Waals surface area contributed by atoms with E-state index in [0.717, 1.165) is 19.4 Å². The molecule has 0 saturated carbocycles. The zero-order chi connectivity index (χ0) is 14.1. The molecule has 104 valence electrons. The Bertz CT molecular complexity index is 616. The summed E-state index contributed by atoms with van der Waals surface area (Å²) >= 11 is 0. The maximum Gasteiger partial charge on any atom is 0.123 e. The van der Waals surface area contributed by atoms with Gasteiger partial charge in [0.15, 0.2) is 0 Å². The van der Waals surface area contributed by atoms with Crippen LogP contribution in [0, 0.1) is 25.6 Å². The van der Waals surface area contributed by atoms with E-state index in [4.69, 9.17) is 0 Å². The molecule has 1 heterocycles. The minimum absolute atomic E-state index is 0.160. The molecule has 1 N–H and O–H groups in total. The summed E-state index contributed by atoms with van der Waals surface area (Å²) in [5.41, 5.74) is 6.65. The van der Waals surface area contributed by atoms with Gasteiger partial charge in [0, 0.05) is 12.2 Å². The van der Waals surface area contributed by atoms with E-state index in [1.54, 1.807) is 12.1 Å². The van der Waals surface area contributed by atoms with E-state index in [9.17, 15) is 4.39 Å². The molecule has 0 amide bonds. The van der Waals surface area contributed by atoms with Crippen molar-refractivity contribution in [1.29, 1.82) is 0 Å².